The molecule has 4 nitrogen and oxygen atoms in total. The van der Waals surface area contributed by atoms with Gasteiger partial charge in [-0.25, -0.2) is 0 Å². The van der Waals surface area contributed by atoms with Crippen LogP contribution in [0, 0.1) is 52.3 Å². The van der Waals surface area contributed by atoms with Gasteiger partial charge in [-0.1, -0.05) is 53.9 Å². The van der Waals surface area contributed by atoms with Crippen molar-refractivity contribution in [2.75, 3.05) is 0 Å². The Balaban J connectivity index is 1.58. The van der Waals surface area contributed by atoms with E-state index in [1.165, 1.54) is 51.9 Å². The molecule has 4 rings (SSSR count). The van der Waals surface area contributed by atoms with E-state index in [1.54, 1.807) is 6.92 Å². The fourth-order valence-electron chi connectivity index (χ4n) is 9.59. The quantitative estimate of drug-likeness (QED) is 0.346. The lowest BCUT2D eigenvalue weighted by Crippen LogP contribution is -2.57. The number of hydrogen-bond acceptors (Lipinski definition) is 4. The highest BCUT2D eigenvalue weighted by atomic mass is 16.5. The van der Waals surface area contributed by atoms with Gasteiger partial charge < -0.3 is 9.47 Å². The van der Waals surface area contributed by atoms with Crippen molar-refractivity contribution in [3.8, 4) is 0 Å². The summed E-state index contributed by atoms with van der Waals surface area (Å²) in [7, 11) is 0. The summed E-state index contributed by atoms with van der Waals surface area (Å²) in [6, 6.07) is 0. The summed E-state index contributed by atoms with van der Waals surface area (Å²) in [5.41, 5.74) is 0.399. The molecule has 9 atom stereocenters. The van der Waals surface area contributed by atoms with Crippen LogP contribution in [0.5, 0.6) is 0 Å². The SMILES string of the molecule is CC(=O)OC1=CCC2[C@H](OC(C)=O)C[C@H]3[C@@H]4CC[C@H]([C@H](C)CCCC(C)C)[C@@]4(C)CC[C@@H]3[C@@]2(C)C1. The van der Waals surface area contributed by atoms with Gasteiger partial charge in [-0.05, 0) is 90.9 Å². The molecule has 0 bridgehead atoms. The molecule has 1 unspecified atom stereocenters. The first-order valence-electron chi connectivity index (χ1n) is 14.5. The Hall–Kier alpha value is -1.32. The molecule has 0 aromatic carbocycles. The summed E-state index contributed by atoms with van der Waals surface area (Å²) >= 11 is 0. The molecule has 4 aliphatic rings. The van der Waals surface area contributed by atoms with Gasteiger partial charge in [0.05, 0.1) is 0 Å². The second-order valence-electron chi connectivity index (χ2n) is 13.6. The molecule has 0 spiro atoms. The fourth-order valence-corrected chi connectivity index (χ4v) is 9.59. The Kier molecular flexibility index (Phi) is 7.80. The molecular weight excluding hydrogens is 436 g/mol. The number of rotatable bonds is 7. The number of carbonyl (C=O) groups is 2. The summed E-state index contributed by atoms with van der Waals surface area (Å²) < 4.78 is 11.7. The number of esters is 2. The second kappa shape index (κ2) is 10.2. The van der Waals surface area contributed by atoms with E-state index >= 15 is 0 Å². The third kappa shape index (κ3) is 5.10. The molecule has 4 heteroatoms. The first-order chi connectivity index (χ1) is 16.5. The number of allylic oxidation sites excluding steroid dienone is 2. The molecule has 3 saturated carbocycles. The van der Waals surface area contributed by atoms with Crippen LogP contribution in [0.25, 0.3) is 0 Å². The fraction of sp³-hybridized carbons (Fsp3) is 0.871. The highest BCUT2D eigenvalue weighted by Gasteiger charge is 2.62. The van der Waals surface area contributed by atoms with E-state index in [-0.39, 0.29) is 23.5 Å². The van der Waals surface area contributed by atoms with E-state index in [2.05, 4.69) is 40.7 Å². The summed E-state index contributed by atoms with van der Waals surface area (Å²) in [6.45, 7) is 15.2. The maximum absolute atomic E-state index is 12.1. The van der Waals surface area contributed by atoms with Crippen LogP contribution in [-0.4, -0.2) is 18.0 Å². The highest BCUT2D eigenvalue weighted by Crippen LogP contribution is 2.68. The molecule has 0 amide bonds. The van der Waals surface area contributed by atoms with Crippen LogP contribution in [0.1, 0.15) is 113 Å². The number of carbonyl (C=O) groups excluding carboxylic acids is 2. The standard InChI is InChI=1S/C31H50O4/c1-19(2)9-8-10-20(3)25-13-14-26-24-17-29(35-22(5)33)28-12-11-23(34-21(4)32)18-31(28,7)27(24)15-16-30(25,26)6/h11,19-20,24-29H,8-10,12-18H2,1-7H3/t20-,24+,25-,26+,27+,28?,29-,30-,31-/m1/s1. The summed E-state index contributed by atoms with van der Waals surface area (Å²) in [5.74, 6) is 5.02. The smallest absolute Gasteiger partial charge is 0.307 e. The maximum atomic E-state index is 12.1. The van der Waals surface area contributed by atoms with Crippen molar-refractivity contribution in [3.63, 3.8) is 0 Å². The molecule has 3 fully saturated rings. The van der Waals surface area contributed by atoms with E-state index in [1.807, 2.05) is 0 Å². The lowest BCUT2D eigenvalue weighted by molar-refractivity contribution is -0.180. The van der Waals surface area contributed by atoms with Crippen molar-refractivity contribution in [1.82, 2.24) is 0 Å². The van der Waals surface area contributed by atoms with Crippen LogP contribution in [0.3, 0.4) is 0 Å². The average Bonchev–Trinajstić information content (AvgIpc) is 3.09. The van der Waals surface area contributed by atoms with Gasteiger partial charge in [-0.2, -0.15) is 0 Å². The Morgan fingerprint density at radius 3 is 2.34 bits per heavy atom. The Morgan fingerprint density at radius 2 is 1.69 bits per heavy atom. The van der Waals surface area contributed by atoms with Crippen molar-refractivity contribution in [1.29, 1.82) is 0 Å². The largest absolute Gasteiger partial charge is 0.462 e. The zero-order chi connectivity index (χ0) is 25.5. The molecule has 4 aliphatic carbocycles. The molecule has 35 heavy (non-hydrogen) atoms. The van der Waals surface area contributed by atoms with Crippen molar-refractivity contribution in [3.05, 3.63) is 11.8 Å². The molecule has 0 N–H and O–H groups in total. The first-order valence-corrected chi connectivity index (χ1v) is 14.5. The van der Waals surface area contributed by atoms with Gasteiger partial charge in [0, 0.05) is 26.2 Å². The van der Waals surface area contributed by atoms with Crippen molar-refractivity contribution in [2.45, 2.75) is 119 Å². The van der Waals surface area contributed by atoms with Gasteiger partial charge in [0.15, 0.2) is 0 Å². The van der Waals surface area contributed by atoms with E-state index in [0.29, 0.717) is 29.1 Å². The minimum absolute atomic E-state index is 0.00483. The summed E-state index contributed by atoms with van der Waals surface area (Å²) in [6.07, 6.45) is 14.0. The van der Waals surface area contributed by atoms with E-state index in [0.717, 1.165) is 42.8 Å². The Labute approximate surface area is 214 Å². The van der Waals surface area contributed by atoms with Gasteiger partial charge >= 0.3 is 11.9 Å². The molecule has 0 aromatic heterocycles. The molecule has 198 valence electrons. The highest BCUT2D eigenvalue weighted by molar-refractivity contribution is 5.67. The lowest BCUT2D eigenvalue weighted by atomic mass is 9.44. The molecule has 0 saturated heterocycles. The minimum Gasteiger partial charge on any atom is -0.462 e. The zero-order valence-electron chi connectivity index (χ0n) is 23.4. The molecule has 0 radical (unpaired) electrons. The monoisotopic (exact) mass is 486 g/mol. The number of ether oxygens (including phenoxy) is 2. The van der Waals surface area contributed by atoms with Crippen LogP contribution in [0.4, 0.5) is 0 Å². The molecule has 0 aliphatic heterocycles. The van der Waals surface area contributed by atoms with E-state index < -0.39 is 0 Å². The summed E-state index contributed by atoms with van der Waals surface area (Å²) in [5, 5.41) is 0. The normalized spacial score (nSPS) is 41.3. The Bertz CT molecular complexity index is 830. The van der Waals surface area contributed by atoms with Crippen LogP contribution < -0.4 is 0 Å². The van der Waals surface area contributed by atoms with Crippen LogP contribution in [0.15, 0.2) is 11.8 Å². The predicted molar refractivity (Wildman–Crippen MR) is 139 cm³/mol. The molecule has 0 aromatic rings. The van der Waals surface area contributed by atoms with Gasteiger partial charge in [-0.3, -0.25) is 9.59 Å². The van der Waals surface area contributed by atoms with E-state index in [9.17, 15) is 9.59 Å². The topological polar surface area (TPSA) is 52.6 Å². The zero-order valence-corrected chi connectivity index (χ0v) is 23.4. The third-order valence-corrected chi connectivity index (χ3v) is 11.0. The Morgan fingerprint density at radius 1 is 0.971 bits per heavy atom. The van der Waals surface area contributed by atoms with Crippen molar-refractivity contribution in [2.24, 2.45) is 52.3 Å². The van der Waals surface area contributed by atoms with Crippen molar-refractivity contribution < 1.29 is 19.1 Å². The van der Waals surface area contributed by atoms with Gasteiger partial charge in [-0.15, -0.1) is 0 Å². The van der Waals surface area contributed by atoms with Crippen LogP contribution in [-0.2, 0) is 19.1 Å². The second-order valence-corrected chi connectivity index (χ2v) is 13.6. The summed E-state index contributed by atoms with van der Waals surface area (Å²) in [4.78, 5) is 23.9. The first kappa shape index (κ1) is 26.7. The predicted octanol–water partition coefficient (Wildman–Crippen LogP) is 7.71. The van der Waals surface area contributed by atoms with Gasteiger partial charge in [0.1, 0.15) is 11.9 Å². The average molecular weight is 487 g/mol. The number of fused-ring (bicyclic) bond motifs is 5. The minimum atomic E-state index is -0.233. The third-order valence-electron chi connectivity index (χ3n) is 11.0. The van der Waals surface area contributed by atoms with Crippen molar-refractivity contribution >= 4 is 11.9 Å². The van der Waals surface area contributed by atoms with E-state index in [4.69, 9.17) is 9.47 Å². The van der Waals surface area contributed by atoms with Crippen LogP contribution in [0.2, 0.25) is 0 Å². The maximum Gasteiger partial charge on any atom is 0.307 e. The van der Waals surface area contributed by atoms with Gasteiger partial charge in [0.2, 0.25) is 0 Å². The van der Waals surface area contributed by atoms with Crippen LogP contribution >= 0.6 is 0 Å². The van der Waals surface area contributed by atoms with Gasteiger partial charge in [0.25, 0.3) is 0 Å². The molecule has 0 heterocycles. The number of hydrogen-bond donors (Lipinski definition) is 0. The molecular formula is C31H50O4. The lowest BCUT2D eigenvalue weighted by Gasteiger charge is -2.61.